The summed E-state index contributed by atoms with van der Waals surface area (Å²) in [5.41, 5.74) is 2.05. The lowest BCUT2D eigenvalue weighted by Gasteiger charge is -2.23. The Balaban J connectivity index is 1.56. The Hall–Kier alpha value is -2.74. The number of aromatic nitrogens is 1. The topological polar surface area (TPSA) is 84.7 Å². The number of methoxy groups -OCH3 is 1. The van der Waals surface area contributed by atoms with Gasteiger partial charge in [-0.1, -0.05) is 45.1 Å². The predicted molar refractivity (Wildman–Crippen MR) is 131 cm³/mol. The normalized spacial score (nSPS) is 15.9. The Morgan fingerprint density at radius 3 is 2.80 bits per heavy atom. The van der Waals surface area contributed by atoms with Crippen LogP contribution < -0.4 is 5.32 Å². The Morgan fingerprint density at radius 1 is 1.20 bits per heavy atom. The van der Waals surface area contributed by atoms with Crippen LogP contribution in [-0.2, 0) is 22.5 Å². The monoisotopic (exact) mass is 487 g/mol. The highest BCUT2D eigenvalue weighted by molar-refractivity contribution is 5.91. The van der Waals surface area contributed by atoms with Gasteiger partial charge in [-0.05, 0) is 55.5 Å². The minimum absolute atomic E-state index is 0.0770. The quantitative estimate of drug-likeness (QED) is 0.286. The van der Waals surface area contributed by atoms with Crippen LogP contribution in [0.3, 0.4) is 0 Å². The van der Waals surface area contributed by atoms with Gasteiger partial charge in [-0.2, -0.15) is 0 Å². The number of ether oxygens (including phenoxy) is 1. The van der Waals surface area contributed by atoms with Gasteiger partial charge in [0.1, 0.15) is 12.1 Å². The van der Waals surface area contributed by atoms with E-state index in [1.807, 2.05) is 0 Å². The standard InChI is InChI=1S/C27H38FN3O4/c1-3-4-5-6-7-8-15-29-26(33)23-19-35-27(30-23)24-10-9-16-31(24)18-21-17-22(28)13-11-20(21)12-14-25(32)34-2/h11,13,17,19,24H,3-10,12,14-16,18H2,1-2H3,(H,29,33). The zero-order valence-electron chi connectivity index (χ0n) is 21.0. The number of hydrogen-bond acceptors (Lipinski definition) is 6. The third kappa shape index (κ3) is 8.16. The van der Waals surface area contributed by atoms with Crippen molar-refractivity contribution in [1.82, 2.24) is 15.2 Å². The van der Waals surface area contributed by atoms with Gasteiger partial charge in [0.2, 0.25) is 5.89 Å². The lowest BCUT2D eigenvalue weighted by atomic mass is 10.0. The zero-order chi connectivity index (χ0) is 25.0. The highest BCUT2D eigenvalue weighted by Crippen LogP contribution is 2.33. The van der Waals surface area contributed by atoms with Gasteiger partial charge in [0.05, 0.1) is 13.2 Å². The van der Waals surface area contributed by atoms with Gasteiger partial charge in [0.25, 0.3) is 5.91 Å². The number of benzene rings is 1. The molecule has 0 radical (unpaired) electrons. The number of carbonyl (C=O) groups is 2. The number of hydrogen-bond donors (Lipinski definition) is 1. The molecule has 1 atom stereocenters. The van der Waals surface area contributed by atoms with Crippen LogP contribution in [0, 0.1) is 5.82 Å². The maximum absolute atomic E-state index is 14.0. The molecule has 0 spiro atoms. The third-order valence-corrected chi connectivity index (χ3v) is 6.59. The molecule has 1 fully saturated rings. The lowest BCUT2D eigenvalue weighted by Crippen LogP contribution is -2.26. The van der Waals surface area contributed by atoms with E-state index < -0.39 is 0 Å². The minimum Gasteiger partial charge on any atom is -0.469 e. The van der Waals surface area contributed by atoms with Crippen LogP contribution in [0.15, 0.2) is 28.9 Å². The van der Waals surface area contributed by atoms with Gasteiger partial charge in [-0.3, -0.25) is 14.5 Å². The summed E-state index contributed by atoms with van der Waals surface area (Å²) < 4.78 is 24.5. The largest absolute Gasteiger partial charge is 0.469 e. The molecule has 0 aliphatic carbocycles. The first kappa shape index (κ1) is 26.9. The van der Waals surface area contributed by atoms with Gasteiger partial charge < -0.3 is 14.5 Å². The molecule has 0 saturated carbocycles. The summed E-state index contributed by atoms with van der Waals surface area (Å²) >= 11 is 0. The molecule has 8 heteroatoms. The molecule has 35 heavy (non-hydrogen) atoms. The molecule has 1 aromatic heterocycles. The van der Waals surface area contributed by atoms with Gasteiger partial charge >= 0.3 is 5.97 Å². The summed E-state index contributed by atoms with van der Waals surface area (Å²) in [5, 5.41) is 2.93. The molecular formula is C27H38FN3O4. The van der Waals surface area contributed by atoms with E-state index in [9.17, 15) is 14.0 Å². The number of carbonyl (C=O) groups excluding carboxylic acids is 2. The number of rotatable bonds is 14. The van der Waals surface area contributed by atoms with E-state index in [0.29, 0.717) is 31.1 Å². The Labute approximate surface area is 207 Å². The second-order valence-electron chi connectivity index (χ2n) is 9.21. The smallest absolute Gasteiger partial charge is 0.305 e. The fourth-order valence-corrected chi connectivity index (χ4v) is 4.58. The first-order valence-electron chi connectivity index (χ1n) is 12.8. The summed E-state index contributed by atoms with van der Waals surface area (Å²) in [6, 6.07) is 4.60. The van der Waals surface area contributed by atoms with Gasteiger partial charge in [0.15, 0.2) is 5.69 Å². The fourth-order valence-electron chi connectivity index (χ4n) is 4.58. The molecule has 1 aromatic carbocycles. The van der Waals surface area contributed by atoms with E-state index in [0.717, 1.165) is 43.4 Å². The van der Waals surface area contributed by atoms with Crippen LogP contribution in [0.25, 0.3) is 0 Å². The second-order valence-corrected chi connectivity index (χ2v) is 9.21. The van der Waals surface area contributed by atoms with E-state index in [-0.39, 0.29) is 30.2 Å². The highest BCUT2D eigenvalue weighted by atomic mass is 19.1. The average molecular weight is 488 g/mol. The first-order valence-corrected chi connectivity index (χ1v) is 12.8. The summed E-state index contributed by atoms with van der Waals surface area (Å²) in [6.07, 6.45) is 11.0. The Bertz CT molecular complexity index is 962. The minimum atomic E-state index is -0.307. The summed E-state index contributed by atoms with van der Waals surface area (Å²) in [5.74, 6) is -0.299. The molecule has 2 heterocycles. The number of halogens is 1. The van der Waals surface area contributed by atoms with E-state index >= 15 is 0 Å². The van der Waals surface area contributed by atoms with Gasteiger partial charge in [-0.25, -0.2) is 9.37 Å². The molecule has 7 nitrogen and oxygen atoms in total. The number of nitrogens with zero attached hydrogens (tertiary/aromatic N) is 2. The van der Waals surface area contributed by atoms with Crippen LogP contribution in [0.1, 0.15) is 98.3 Å². The Kier molecular flexibility index (Phi) is 10.7. The molecule has 1 aliphatic heterocycles. The highest BCUT2D eigenvalue weighted by Gasteiger charge is 2.31. The maximum Gasteiger partial charge on any atom is 0.305 e. The number of esters is 1. The maximum atomic E-state index is 14.0. The SMILES string of the molecule is CCCCCCCCNC(=O)c1coc(C2CCCN2Cc2cc(F)ccc2CCC(=O)OC)n1. The number of amides is 1. The molecule has 1 N–H and O–H groups in total. The zero-order valence-corrected chi connectivity index (χ0v) is 21.0. The van der Waals surface area contributed by atoms with E-state index in [2.05, 4.69) is 22.1 Å². The molecule has 1 amide bonds. The van der Waals surface area contributed by atoms with Crippen molar-refractivity contribution in [2.75, 3.05) is 20.2 Å². The van der Waals surface area contributed by atoms with Crippen molar-refractivity contribution in [2.45, 2.75) is 83.7 Å². The van der Waals surface area contributed by atoms with E-state index in [1.165, 1.54) is 51.2 Å². The number of nitrogens with one attached hydrogen (secondary N) is 1. The summed E-state index contributed by atoms with van der Waals surface area (Å²) in [4.78, 5) is 30.7. The molecule has 1 aliphatic rings. The first-order chi connectivity index (χ1) is 17.0. The summed E-state index contributed by atoms with van der Waals surface area (Å²) in [6.45, 7) is 4.17. The van der Waals surface area contributed by atoms with Crippen molar-refractivity contribution in [3.63, 3.8) is 0 Å². The van der Waals surface area contributed by atoms with Crippen molar-refractivity contribution in [2.24, 2.45) is 0 Å². The molecule has 1 unspecified atom stereocenters. The van der Waals surface area contributed by atoms with Crippen molar-refractivity contribution >= 4 is 11.9 Å². The number of unbranched alkanes of at least 4 members (excludes halogenated alkanes) is 5. The van der Waals surface area contributed by atoms with Crippen LogP contribution in [0.2, 0.25) is 0 Å². The van der Waals surface area contributed by atoms with Gasteiger partial charge in [-0.15, -0.1) is 0 Å². The van der Waals surface area contributed by atoms with Crippen molar-refractivity contribution in [1.29, 1.82) is 0 Å². The molecule has 1 saturated heterocycles. The second kappa shape index (κ2) is 14.0. The molecule has 3 rings (SSSR count). The summed E-state index contributed by atoms with van der Waals surface area (Å²) in [7, 11) is 1.36. The van der Waals surface area contributed by atoms with E-state index in [4.69, 9.17) is 9.15 Å². The molecule has 2 aromatic rings. The molecular weight excluding hydrogens is 449 g/mol. The van der Waals surface area contributed by atoms with Gasteiger partial charge in [0, 0.05) is 19.5 Å². The van der Waals surface area contributed by atoms with Crippen molar-refractivity contribution in [3.8, 4) is 0 Å². The van der Waals surface area contributed by atoms with Crippen LogP contribution in [0.5, 0.6) is 0 Å². The third-order valence-electron chi connectivity index (χ3n) is 6.59. The predicted octanol–water partition coefficient (Wildman–Crippen LogP) is 5.35. The molecule has 192 valence electrons. The van der Waals surface area contributed by atoms with Crippen LogP contribution in [-0.4, -0.2) is 42.0 Å². The van der Waals surface area contributed by atoms with Crippen LogP contribution in [0.4, 0.5) is 4.39 Å². The average Bonchev–Trinajstić information content (AvgIpc) is 3.52. The van der Waals surface area contributed by atoms with E-state index in [1.54, 1.807) is 6.07 Å². The van der Waals surface area contributed by atoms with Crippen molar-refractivity contribution < 1.29 is 23.1 Å². The Morgan fingerprint density at radius 2 is 2.00 bits per heavy atom. The number of oxazole rings is 1. The lowest BCUT2D eigenvalue weighted by molar-refractivity contribution is -0.140. The number of likely N-dealkylation sites (tertiary alicyclic amines) is 1. The number of aryl methyl sites for hydroxylation is 1. The fraction of sp³-hybridized carbons (Fsp3) is 0.593. The van der Waals surface area contributed by atoms with Crippen molar-refractivity contribution in [3.05, 3.63) is 53.0 Å². The van der Waals surface area contributed by atoms with Crippen LogP contribution >= 0.6 is 0 Å². The molecule has 0 bridgehead atoms.